The second-order valence-corrected chi connectivity index (χ2v) is 7.65. The van der Waals surface area contributed by atoms with Gasteiger partial charge in [-0.2, -0.15) is 8.42 Å². The van der Waals surface area contributed by atoms with E-state index >= 15 is 0 Å². The number of aryl methyl sites for hydroxylation is 1. The van der Waals surface area contributed by atoms with Crippen molar-refractivity contribution in [2.45, 2.75) is 51.7 Å². The smallest absolute Gasteiger partial charge is 0.297 e. The molecule has 1 amide bonds. The molecule has 7 nitrogen and oxygen atoms in total. The highest BCUT2D eigenvalue weighted by Gasteiger charge is 2.18. The highest BCUT2D eigenvalue weighted by Crippen LogP contribution is 2.18. The van der Waals surface area contributed by atoms with Crippen molar-refractivity contribution in [3.05, 3.63) is 41.0 Å². The van der Waals surface area contributed by atoms with E-state index in [9.17, 15) is 13.2 Å². The molecule has 0 aliphatic rings. The number of nitrogens with two attached hydrogens (primary N) is 1. The quantitative estimate of drug-likeness (QED) is 0.329. The van der Waals surface area contributed by atoms with Gasteiger partial charge in [0.2, 0.25) is 5.91 Å². The molecule has 1 aromatic carbocycles. The molecule has 2 N–H and O–H groups in total. The van der Waals surface area contributed by atoms with Gasteiger partial charge in [-0.1, -0.05) is 17.7 Å². The van der Waals surface area contributed by atoms with E-state index in [-0.39, 0.29) is 11.5 Å². The van der Waals surface area contributed by atoms with Crippen LogP contribution < -0.4 is 5.73 Å². The molecule has 0 fully saturated rings. The Bertz CT molecular complexity index is 734. The van der Waals surface area contributed by atoms with Crippen molar-refractivity contribution < 1.29 is 26.9 Å². The number of benzene rings is 1. The first-order valence-corrected chi connectivity index (χ1v) is 10.3. The van der Waals surface area contributed by atoms with E-state index in [1.165, 1.54) is 12.1 Å². The summed E-state index contributed by atoms with van der Waals surface area (Å²) in [6.07, 6.45) is 0.293. The molecule has 8 heteroatoms. The van der Waals surface area contributed by atoms with Gasteiger partial charge in [-0.15, -0.1) is 0 Å². The predicted molar refractivity (Wildman–Crippen MR) is 102 cm³/mol. The molecule has 1 aromatic rings. The van der Waals surface area contributed by atoms with Crippen molar-refractivity contribution in [2.24, 2.45) is 5.73 Å². The topological polar surface area (TPSA) is 105 Å². The van der Waals surface area contributed by atoms with E-state index in [0.717, 1.165) is 5.56 Å². The second kappa shape index (κ2) is 11.2. The summed E-state index contributed by atoms with van der Waals surface area (Å²) in [7, 11) is -3.92. The molecule has 0 unspecified atom stereocenters. The molecule has 0 bridgehead atoms. The van der Waals surface area contributed by atoms with Crippen LogP contribution in [0.2, 0.25) is 0 Å². The number of carbonyl (C=O) groups is 1. The third kappa shape index (κ3) is 7.80. The lowest BCUT2D eigenvalue weighted by Gasteiger charge is -2.18. The molecule has 0 saturated carbocycles. The molecular weight excluding hydrogens is 370 g/mol. The Kier molecular flexibility index (Phi) is 9.65. The summed E-state index contributed by atoms with van der Waals surface area (Å²) in [5, 5.41) is 0. The van der Waals surface area contributed by atoms with E-state index in [1.807, 2.05) is 20.8 Å². The molecule has 0 aliphatic heterocycles. The fourth-order valence-corrected chi connectivity index (χ4v) is 3.36. The van der Waals surface area contributed by atoms with Gasteiger partial charge >= 0.3 is 0 Å². The minimum atomic E-state index is -3.92. The molecule has 0 aromatic heterocycles. The van der Waals surface area contributed by atoms with Crippen molar-refractivity contribution in [1.82, 2.24) is 0 Å². The fourth-order valence-electron chi connectivity index (χ4n) is 2.42. The van der Waals surface area contributed by atoms with Gasteiger partial charge in [0.1, 0.15) is 0 Å². The average molecular weight is 400 g/mol. The lowest BCUT2D eigenvalue weighted by Crippen LogP contribution is -2.22. The maximum Gasteiger partial charge on any atom is 0.297 e. The van der Waals surface area contributed by atoms with Gasteiger partial charge in [-0.05, 0) is 51.8 Å². The van der Waals surface area contributed by atoms with Crippen LogP contribution >= 0.6 is 0 Å². The largest absolute Gasteiger partial charge is 0.366 e. The van der Waals surface area contributed by atoms with Crippen LogP contribution in [0.3, 0.4) is 0 Å². The molecule has 0 saturated heterocycles. The van der Waals surface area contributed by atoms with E-state index in [1.54, 1.807) is 19.1 Å². The van der Waals surface area contributed by atoms with Crippen LogP contribution in [0.15, 0.2) is 40.3 Å². The Hall–Kier alpha value is -1.74. The summed E-state index contributed by atoms with van der Waals surface area (Å²) in [6.45, 7) is 7.91. The molecule has 0 heterocycles. The molecule has 152 valence electrons. The van der Waals surface area contributed by atoms with Crippen LogP contribution in [0, 0.1) is 6.92 Å². The Balaban J connectivity index is 2.82. The van der Waals surface area contributed by atoms with Crippen molar-refractivity contribution >= 4 is 16.0 Å². The Labute approximate surface area is 161 Å². The highest BCUT2D eigenvalue weighted by molar-refractivity contribution is 7.86. The minimum Gasteiger partial charge on any atom is -0.366 e. The fraction of sp³-hybridized carbons (Fsp3) is 0.526. The predicted octanol–water partition coefficient (Wildman–Crippen LogP) is 2.68. The Morgan fingerprint density at radius 1 is 1.11 bits per heavy atom. The number of rotatable bonds is 12. The number of amides is 1. The molecule has 27 heavy (non-hydrogen) atoms. The van der Waals surface area contributed by atoms with E-state index in [0.29, 0.717) is 37.2 Å². The summed E-state index contributed by atoms with van der Waals surface area (Å²) in [5.74, 6) is -0.615. The number of hydrogen-bond acceptors (Lipinski definition) is 6. The van der Waals surface area contributed by atoms with Crippen LogP contribution in [-0.2, 0) is 28.6 Å². The molecule has 0 spiro atoms. The molecular formula is C19H29NO6S. The summed E-state index contributed by atoms with van der Waals surface area (Å²) in [6, 6.07) is 6.34. The molecule has 0 atom stereocenters. The number of hydrogen-bond donors (Lipinski definition) is 1. The van der Waals surface area contributed by atoms with Crippen LogP contribution in [0.1, 0.15) is 39.2 Å². The van der Waals surface area contributed by atoms with Gasteiger partial charge in [0.25, 0.3) is 10.1 Å². The second-order valence-electron chi connectivity index (χ2n) is 6.03. The summed E-state index contributed by atoms with van der Waals surface area (Å²) < 4.78 is 40.5. The van der Waals surface area contributed by atoms with E-state index < -0.39 is 22.3 Å². The van der Waals surface area contributed by atoms with Crippen LogP contribution in [0.25, 0.3) is 0 Å². The minimum absolute atomic E-state index is 0.0641. The Morgan fingerprint density at radius 2 is 1.67 bits per heavy atom. The monoisotopic (exact) mass is 399 g/mol. The lowest BCUT2D eigenvalue weighted by molar-refractivity contribution is -0.139. The van der Waals surface area contributed by atoms with Crippen LogP contribution in [0.4, 0.5) is 0 Å². The highest BCUT2D eigenvalue weighted by atomic mass is 32.2. The Morgan fingerprint density at radius 3 is 2.15 bits per heavy atom. The number of ether oxygens (including phenoxy) is 2. The van der Waals surface area contributed by atoms with Crippen molar-refractivity contribution in [2.75, 3.05) is 19.8 Å². The summed E-state index contributed by atoms with van der Waals surface area (Å²) >= 11 is 0. The van der Waals surface area contributed by atoms with Gasteiger partial charge in [0, 0.05) is 25.2 Å². The van der Waals surface area contributed by atoms with Crippen molar-refractivity contribution in [1.29, 1.82) is 0 Å². The van der Waals surface area contributed by atoms with E-state index in [4.69, 9.17) is 19.4 Å². The zero-order valence-electron chi connectivity index (χ0n) is 16.4. The number of carbonyl (C=O) groups excluding carboxylic acids is 1. The molecule has 0 radical (unpaired) electrons. The third-order valence-electron chi connectivity index (χ3n) is 3.89. The first-order valence-electron chi connectivity index (χ1n) is 8.89. The molecule has 1 rings (SSSR count). The SMILES string of the molecule is CCOC(CC/C(C(N)=O)=C(\C)COS(=O)(=O)c1ccc(C)cc1)OCC. The van der Waals surface area contributed by atoms with Crippen LogP contribution in [0.5, 0.6) is 0 Å². The van der Waals surface area contributed by atoms with Crippen LogP contribution in [-0.4, -0.2) is 40.4 Å². The number of primary amides is 1. The van der Waals surface area contributed by atoms with Gasteiger partial charge in [0.15, 0.2) is 6.29 Å². The van der Waals surface area contributed by atoms with Crippen molar-refractivity contribution in [3.8, 4) is 0 Å². The van der Waals surface area contributed by atoms with E-state index in [2.05, 4.69) is 0 Å². The first kappa shape index (κ1) is 23.3. The molecule has 0 aliphatic carbocycles. The maximum absolute atomic E-state index is 12.3. The third-order valence-corrected chi connectivity index (χ3v) is 5.17. The van der Waals surface area contributed by atoms with Gasteiger partial charge in [-0.25, -0.2) is 0 Å². The van der Waals surface area contributed by atoms with Crippen molar-refractivity contribution in [3.63, 3.8) is 0 Å². The lowest BCUT2D eigenvalue weighted by atomic mass is 10.0. The maximum atomic E-state index is 12.3. The normalized spacial score (nSPS) is 12.9. The van der Waals surface area contributed by atoms with Gasteiger partial charge in [-0.3, -0.25) is 8.98 Å². The van der Waals surface area contributed by atoms with Gasteiger partial charge < -0.3 is 15.2 Å². The zero-order chi connectivity index (χ0) is 20.4. The summed E-state index contributed by atoms with van der Waals surface area (Å²) in [4.78, 5) is 11.8. The zero-order valence-corrected chi connectivity index (χ0v) is 17.2. The first-order chi connectivity index (χ1) is 12.7. The summed E-state index contributed by atoms with van der Waals surface area (Å²) in [5.41, 5.74) is 7.18. The average Bonchev–Trinajstić information content (AvgIpc) is 2.60. The van der Waals surface area contributed by atoms with Gasteiger partial charge in [0.05, 0.1) is 11.5 Å². The standard InChI is InChI=1S/C19H29NO6S/c1-5-24-18(25-6-2)12-11-17(19(20)21)15(4)13-26-27(22,23)16-9-7-14(3)8-10-16/h7-10,18H,5-6,11-13H2,1-4H3,(H2,20,21)/b17-15-.